The molecule has 0 spiro atoms. The maximum atomic E-state index is 12.8. The monoisotopic (exact) mass is 446 g/mol. The van der Waals surface area contributed by atoms with Crippen LogP contribution in [0.1, 0.15) is 18.1 Å². The van der Waals surface area contributed by atoms with Gasteiger partial charge >= 0.3 is 0 Å². The van der Waals surface area contributed by atoms with E-state index >= 15 is 0 Å². The molecule has 0 radical (unpaired) electrons. The number of thiocarbonyl (C=S) groups is 1. The molecule has 0 aliphatic carbocycles. The Morgan fingerprint density at radius 2 is 1.97 bits per heavy atom. The number of halogens is 1. The Bertz CT molecular complexity index is 976. The van der Waals surface area contributed by atoms with Crippen molar-refractivity contribution < 1.29 is 14.7 Å². The van der Waals surface area contributed by atoms with Crippen LogP contribution in [0, 0.1) is 0 Å². The van der Waals surface area contributed by atoms with Crippen molar-refractivity contribution in [3.05, 3.63) is 69.6 Å². The molecular weight excluding hydrogens is 428 g/mol. The van der Waals surface area contributed by atoms with E-state index in [9.17, 15) is 14.7 Å². The van der Waals surface area contributed by atoms with Crippen LogP contribution in [0.5, 0.6) is 5.75 Å². The third-order valence-electron chi connectivity index (χ3n) is 4.43. The molecule has 1 heterocycles. The minimum Gasteiger partial charge on any atom is -0.508 e. The third kappa shape index (κ3) is 5.18. The van der Waals surface area contributed by atoms with Gasteiger partial charge in [-0.15, -0.1) is 0 Å². The summed E-state index contributed by atoms with van der Waals surface area (Å²) < 4.78 is 0.342. The molecule has 2 amide bonds. The molecule has 2 N–H and O–H groups in total. The quantitative estimate of drug-likeness (QED) is 0.518. The molecule has 1 fully saturated rings. The highest BCUT2D eigenvalue weighted by atomic mass is 35.5. The highest BCUT2D eigenvalue weighted by Crippen LogP contribution is 2.35. The molecule has 150 valence electrons. The molecule has 2 aromatic carbocycles. The first-order valence-corrected chi connectivity index (χ1v) is 10.5. The van der Waals surface area contributed by atoms with Gasteiger partial charge in [0.15, 0.2) is 0 Å². The van der Waals surface area contributed by atoms with Gasteiger partial charge in [-0.25, -0.2) is 0 Å². The molecule has 3 rings (SSSR count). The standard InChI is InChI=1S/C21H19ClN2O3S2/c1-13(19(26)23-11-10-14-6-8-16(25)9-7-14)24-20(27)18(29-21(24)28)12-15-4-2-3-5-17(15)22/h2-9,12-13,25H,10-11H2,1H3,(H,23,26)/b18-12-/t13-/m1/s1. The van der Waals surface area contributed by atoms with E-state index in [1.54, 1.807) is 43.3 Å². The van der Waals surface area contributed by atoms with E-state index in [-0.39, 0.29) is 17.6 Å². The van der Waals surface area contributed by atoms with E-state index in [0.29, 0.717) is 27.2 Å². The van der Waals surface area contributed by atoms with E-state index in [4.69, 9.17) is 23.8 Å². The number of amides is 2. The number of hydrogen-bond acceptors (Lipinski definition) is 5. The number of carbonyl (C=O) groups excluding carboxylic acids is 2. The molecule has 1 saturated heterocycles. The van der Waals surface area contributed by atoms with Crippen molar-refractivity contribution in [1.29, 1.82) is 0 Å². The summed E-state index contributed by atoms with van der Waals surface area (Å²) in [5, 5.41) is 12.7. The van der Waals surface area contributed by atoms with Crippen LogP contribution >= 0.6 is 35.6 Å². The van der Waals surface area contributed by atoms with Crippen LogP contribution < -0.4 is 5.32 Å². The summed E-state index contributed by atoms with van der Waals surface area (Å²) in [6, 6.07) is 13.3. The maximum absolute atomic E-state index is 12.8. The molecule has 29 heavy (non-hydrogen) atoms. The fourth-order valence-electron chi connectivity index (χ4n) is 2.80. The highest BCUT2D eigenvalue weighted by Gasteiger charge is 2.38. The Morgan fingerprint density at radius 3 is 2.66 bits per heavy atom. The molecular formula is C21H19ClN2O3S2. The number of rotatable bonds is 6. The van der Waals surface area contributed by atoms with Gasteiger partial charge in [0.2, 0.25) is 5.91 Å². The first kappa shape index (κ1) is 21.4. The lowest BCUT2D eigenvalue weighted by Gasteiger charge is -2.22. The van der Waals surface area contributed by atoms with Gasteiger partial charge in [0.25, 0.3) is 5.91 Å². The molecule has 0 aromatic heterocycles. The fourth-order valence-corrected chi connectivity index (χ4v) is 4.40. The first-order valence-electron chi connectivity index (χ1n) is 8.94. The number of aromatic hydroxyl groups is 1. The lowest BCUT2D eigenvalue weighted by Crippen LogP contribution is -2.47. The first-order chi connectivity index (χ1) is 13.9. The highest BCUT2D eigenvalue weighted by molar-refractivity contribution is 8.26. The molecule has 1 aliphatic heterocycles. The zero-order valence-corrected chi connectivity index (χ0v) is 18.0. The van der Waals surface area contributed by atoms with E-state index in [2.05, 4.69) is 5.32 Å². The van der Waals surface area contributed by atoms with Gasteiger partial charge in [0, 0.05) is 11.6 Å². The van der Waals surface area contributed by atoms with Crippen molar-refractivity contribution in [3.63, 3.8) is 0 Å². The number of thioether (sulfide) groups is 1. The Labute approximate surface area is 183 Å². The molecule has 8 heteroatoms. The summed E-state index contributed by atoms with van der Waals surface area (Å²) in [4.78, 5) is 27.1. The number of phenols is 1. The third-order valence-corrected chi connectivity index (χ3v) is 6.11. The molecule has 1 atom stereocenters. The predicted octanol–water partition coefficient (Wildman–Crippen LogP) is 3.99. The average Bonchev–Trinajstić information content (AvgIpc) is 2.97. The van der Waals surface area contributed by atoms with Crippen molar-refractivity contribution in [2.45, 2.75) is 19.4 Å². The van der Waals surface area contributed by atoms with Gasteiger partial charge < -0.3 is 10.4 Å². The van der Waals surface area contributed by atoms with Crippen LogP contribution in [0.15, 0.2) is 53.4 Å². The zero-order valence-electron chi connectivity index (χ0n) is 15.6. The van der Waals surface area contributed by atoms with Gasteiger partial charge in [-0.1, -0.05) is 65.9 Å². The lowest BCUT2D eigenvalue weighted by molar-refractivity contribution is -0.132. The number of nitrogens with zero attached hydrogens (tertiary/aromatic N) is 1. The van der Waals surface area contributed by atoms with Crippen molar-refractivity contribution in [1.82, 2.24) is 10.2 Å². The van der Waals surface area contributed by atoms with Crippen LogP contribution in [0.3, 0.4) is 0 Å². The van der Waals surface area contributed by atoms with Crippen LogP contribution in [-0.2, 0) is 16.0 Å². The summed E-state index contributed by atoms with van der Waals surface area (Å²) in [5.74, 6) is -0.384. The summed E-state index contributed by atoms with van der Waals surface area (Å²) in [7, 11) is 0. The van der Waals surface area contributed by atoms with Crippen molar-refractivity contribution >= 4 is 57.8 Å². The van der Waals surface area contributed by atoms with Crippen LogP contribution in [0.4, 0.5) is 0 Å². The lowest BCUT2D eigenvalue weighted by atomic mass is 10.1. The second-order valence-electron chi connectivity index (χ2n) is 6.46. The molecule has 0 saturated carbocycles. The summed E-state index contributed by atoms with van der Waals surface area (Å²) in [6.07, 6.45) is 2.31. The average molecular weight is 447 g/mol. The van der Waals surface area contributed by atoms with Gasteiger partial charge in [-0.2, -0.15) is 0 Å². The second kappa shape index (κ2) is 9.43. The Balaban J connectivity index is 1.62. The summed E-state index contributed by atoms with van der Waals surface area (Å²) >= 11 is 12.7. The topological polar surface area (TPSA) is 69.6 Å². The maximum Gasteiger partial charge on any atom is 0.266 e. The molecule has 1 aliphatic rings. The van der Waals surface area contributed by atoms with Gasteiger partial charge in [-0.3, -0.25) is 14.5 Å². The largest absolute Gasteiger partial charge is 0.508 e. The van der Waals surface area contributed by atoms with E-state index in [1.165, 1.54) is 4.90 Å². The number of hydrogen-bond donors (Lipinski definition) is 2. The molecule has 0 bridgehead atoms. The van der Waals surface area contributed by atoms with Crippen LogP contribution in [0.25, 0.3) is 6.08 Å². The minimum absolute atomic E-state index is 0.200. The van der Waals surface area contributed by atoms with Crippen molar-refractivity contribution in [2.75, 3.05) is 6.54 Å². The number of nitrogens with one attached hydrogen (secondary N) is 1. The number of carbonyl (C=O) groups is 2. The SMILES string of the molecule is C[C@H](C(=O)NCCc1ccc(O)cc1)N1C(=O)/C(=C/c2ccccc2Cl)SC1=S. The Morgan fingerprint density at radius 1 is 1.28 bits per heavy atom. The number of phenolic OH excluding ortho intramolecular Hbond substituents is 1. The van der Waals surface area contributed by atoms with Crippen molar-refractivity contribution in [3.8, 4) is 5.75 Å². The molecule has 5 nitrogen and oxygen atoms in total. The van der Waals surface area contributed by atoms with E-state index in [0.717, 1.165) is 22.9 Å². The Hall–Kier alpha value is -2.35. The predicted molar refractivity (Wildman–Crippen MR) is 121 cm³/mol. The van der Waals surface area contributed by atoms with Gasteiger partial charge in [0.1, 0.15) is 16.1 Å². The molecule has 0 unspecified atom stereocenters. The number of benzene rings is 2. The van der Waals surface area contributed by atoms with E-state index < -0.39 is 6.04 Å². The Kier molecular flexibility index (Phi) is 6.95. The fraction of sp³-hybridized carbons (Fsp3) is 0.190. The minimum atomic E-state index is -0.723. The molecule has 2 aromatic rings. The summed E-state index contributed by atoms with van der Waals surface area (Å²) in [5.41, 5.74) is 1.71. The van der Waals surface area contributed by atoms with Crippen LogP contribution in [-0.4, -0.2) is 38.7 Å². The smallest absolute Gasteiger partial charge is 0.266 e. The van der Waals surface area contributed by atoms with Gasteiger partial charge in [0.05, 0.1) is 4.91 Å². The zero-order chi connectivity index (χ0) is 21.0. The normalized spacial score (nSPS) is 16.3. The van der Waals surface area contributed by atoms with Crippen LogP contribution in [0.2, 0.25) is 5.02 Å². The van der Waals surface area contributed by atoms with Gasteiger partial charge in [-0.05, 0) is 48.7 Å². The summed E-state index contributed by atoms with van der Waals surface area (Å²) in [6.45, 7) is 2.07. The van der Waals surface area contributed by atoms with E-state index in [1.807, 2.05) is 18.2 Å². The second-order valence-corrected chi connectivity index (χ2v) is 8.54. The van der Waals surface area contributed by atoms with Crippen molar-refractivity contribution in [2.24, 2.45) is 0 Å².